The van der Waals surface area contributed by atoms with E-state index in [1.165, 1.54) is 43.5 Å². The predicted octanol–water partition coefficient (Wildman–Crippen LogP) is 2.15. The highest BCUT2D eigenvalue weighted by atomic mass is 32.2. The SMILES string of the molecule is COc1ccc(S(=O)(=O)NC(N)=NCCc2c[nH]c3ccc(F)cc23)cc1. The van der Waals surface area contributed by atoms with E-state index in [9.17, 15) is 12.8 Å². The number of nitrogens with zero attached hydrogens (tertiary/aromatic N) is 1. The van der Waals surface area contributed by atoms with Crippen LogP contribution in [-0.4, -0.2) is 33.0 Å². The molecule has 0 aliphatic carbocycles. The number of rotatable bonds is 6. The first-order valence-electron chi connectivity index (χ1n) is 8.11. The molecule has 9 heteroatoms. The van der Waals surface area contributed by atoms with Crippen molar-refractivity contribution in [3.05, 3.63) is 60.0 Å². The van der Waals surface area contributed by atoms with Gasteiger partial charge in [0.05, 0.1) is 12.0 Å². The second kappa shape index (κ2) is 7.67. The highest BCUT2D eigenvalue weighted by molar-refractivity contribution is 7.90. The number of aromatic nitrogens is 1. The third-order valence-electron chi connectivity index (χ3n) is 4.00. The van der Waals surface area contributed by atoms with E-state index in [0.717, 1.165) is 16.5 Å². The van der Waals surface area contributed by atoms with Crippen LogP contribution in [0.3, 0.4) is 0 Å². The largest absolute Gasteiger partial charge is 0.497 e. The first-order chi connectivity index (χ1) is 12.9. The molecular formula is C18H19FN4O3S. The molecule has 1 heterocycles. The number of guanidine groups is 1. The summed E-state index contributed by atoms with van der Waals surface area (Å²) in [5, 5.41) is 0.766. The molecule has 0 spiro atoms. The fourth-order valence-corrected chi connectivity index (χ4v) is 3.59. The van der Waals surface area contributed by atoms with Gasteiger partial charge in [-0.05, 0) is 54.4 Å². The van der Waals surface area contributed by atoms with E-state index in [1.807, 2.05) is 0 Å². The first kappa shape index (κ1) is 18.7. The maximum atomic E-state index is 13.4. The second-order valence-corrected chi connectivity index (χ2v) is 7.48. The lowest BCUT2D eigenvalue weighted by Gasteiger charge is -2.08. The van der Waals surface area contributed by atoms with Crippen LogP contribution in [0, 0.1) is 5.82 Å². The van der Waals surface area contributed by atoms with Gasteiger partial charge in [-0.2, -0.15) is 0 Å². The number of halogens is 1. The highest BCUT2D eigenvalue weighted by Gasteiger charge is 2.15. The summed E-state index contributed by atoms with van der Waals surface area (Å²) in [4.78, 5) is 7.15. The van der Waals surface area contributed by atoms with Gasteiger partial charge in [-0.15, -0.1) is 0 Å². The highest BCUT2D eigenvalue weighted by Crippen LogP contribution is 2.20. The van der Waals surface area contributed by atoms with Gasteiger partial charge in [0.15, 0.2) is 0 Å². The Labute approximate surface area is 156 Å². The van der Waals surface area contributed by atoms with Crippen molar-refractivity contribution in [1.82, 2.24) is 9.71 Å². The van der Waals surface area contributed by atoms with E-state index in [-0.39, 0.29) is 23.2 Å². The van der Waals surface area contributed by atoms with Gasteiger partial charge in [-0.25, -0.2) is 17.5 Å². The number of H-pyrrole nitrogens is 1. The van der Waals surface area contributed by atoms with E-state index in [0.29, 0.717) is 12.2 Å². The average Bonchev–Trinajstić information content (AvgIpc) is 3.03. The Bertz CT molecular complexity index is 1080. The van der Waals surface area contributed by atoms with Crippen molar-refractivity contribution < 1.29 is 17.5 Å². The number of nitrogens with one attached hydrogen (secondary N) is 2. The lowest BCUT2D eigenvalue weighted by molar-refractivity contribution is 0.414. The topological polar surface area (TPSA) is 110 Å². The van der Waals surface area contributed by atoms with Crippen LogP contribution in [0.25, 0.3) is 10.9 Å². The molecule has 0 bridgehead atoms. The van der Waals surface area contributed by atoms with E-state index in [1.54, 1.807) is 12.3 Å². The maximum absolute atomic E-state index is 13.4. The van der Waals surface area contributed by atoms with Gasteiger partial charge in [0.1, 0.15) is 11.6 Å². The zero-order valence-electron chi connectivity index (χ0n) is 14.6. The van der Waals surface area contributed by atoms with Gasteiger partial charge in [-0.1, -0.05) is 0 Å². The Morgan fingerprint density at radius 2 is 2.00 bits per heavy atom. The Kier molecular flexibility index (Phi) is 5.31. The van der Waals surface area contributed by atoms with Crippen LogP contribution in [-0.2, 0) is 16.4 Å². The number of fused-ring (bicyclic) bond motifs is 1. The number of ether oxygens (including phenoxy) is 1. The molecule has 1 aromatic heterocycles. The molecule has 3 rings (SSSR count). The number of aromatic amines is 1. The zero-order valence-corrected chi connectivity index (χ0v) is 15.4. The molecule has 0 unspecified atom stereocenters. The van der Waals surface area contributed by atoms with E-state index >= 15 is 0 Å². The Morgan fingerprint density at radius 3 is 2.70 bits per heavy atom. The van der Waals surface area contributed by atoms with Gasteiger partial charge in [0.25, 0.3) is 10.0 Å². The molecule has 0 radical (unpaired) electrons. The molecule has 142 valence electrons. The summed E-state index contributed by atoms with van der Waals surface area (Å²) in [7, 11) is -2.33. The quantitative estimate of drug-likeness (QED) is 0.442. The lowest BCUT2D eigenvalue weighted by atomic mass is 10.1. The van der Waals surface area contributed by atoms with Gasteiger partial charge < -0.3 is 15.5 Å². The summed E-state index contributed by atoms with van der Waals surface area (Å²) in [5.41, 5.74) is 7.39. The van der Waals surface area contributed by atoms with E-state index in [2.05, 4.69) is 14.7 Å². The third kappa shape index (κ3) is 4.37. The number of hydrogen-bond donors (Lipinski definition) is 3. The zero-order chi connectivity index (χ0) is 19.4. The molecule has 7 nitrogen and oxygen atoms in total. The van der Waals surface area contributed by atoms with Crippen molar-refractivity contribution in [3.63, 3.8) is 0 Å². The Hall–Kier alpha value is -3.07. The van der Waals surface area contributed by atoms with Crippen LogP contribution >= 0.6 is 0 Å². The Balaban J connectivity index is 1.65. The number of sulfonamides is 1. The van der Waals surface area contributed by atoms with Gasteiger partial charge in [-0.3, -0.25) is 4.99 Å². The average molecular weight is 390 g/mol. The van der Waals surface area contributed by atoms with E-state index < -0.39 is 10.0 Å². The molecule has 0 fully saturated rings. The molecule has 2 aromatic carbocycles. The normalized spacial score (nSPS) is 12.3. The van der Waals surface area contributed by atoms with Gasteiger partial charge >= 0.3 is 0 Å². The van der Waals surface area contributed by atoms with Crippen molar-refractivity contribution in [2.75, 3.05) is 13.7 Å². The Morgan fingerprint density at radius 1 is 1.26 bits per heavy atom. The standard InChI is InChI=1S/C18H19FN4O3S/c1-26-14-3-5-15(6-4-14)27(24,25)23-18(20)21-9-8-12-11-22-17-7-2-13(19)10-16(12)17/h2-7,10-11,22H,8-9H2,1H3,(H3,20,21,23). The molecule has 0 amide bonds. The molecule has 3 aromatic rings. The summed E-state index contributed by atoms with van der Waals surface area (Å²) in [6, 6.07) is 10.4. The summed E-state index contributed by atoms with van der Waals surface area (Å²) in [6.45, 7) is 0.250. The minimum atomic E-state index is -3.83. The minimum absolute atomic E-state index is 0.0496. The third-order valence-corrected chi connectivity index (χ3v) is 5.37. The summed E-state index contributed by atoms with van der Waals surface area (Å²) in [5.74, 6) is 0.0150. The molecule has 0 saturated heterocycles. The fraction of sp³-hybridized carbons (Fsp3) is 0.167. The van der Waals surface area contributed by atoms with Crippen LogP contribution < -0.4 is 15.2 Å². The van der Waals surface area contributed by atoms with Crippen LogP contribution in [0.4, 0.5) is 4.39 Å². The fourth-order valence-electron chi connectivity index (χ4n) is 2.64. The van der Waals surface area contributed by atoms with Crippen LogP contribution in [0.2, 0.25) is 0 Å². The molecule has 0 aliphatic rings. The van der Waals surface area contributed by atoms with Crippen molar-refractivity contribution in [3.8, 4) is 5.75 Å². The number of aliphatic imine (C=N–C) groups is 1. The summed E-state index contributed by atoms with van der Waals surface area (Å²) in [6.07, 6.45) is 2.26. The maximum Gasteiger partial charge on any atom is 0.264 e. The second-order valence-electron chi connectivity index (χ2n) is 5.80. The lowest BCUT2D eigenvalue weighted by Crippen LogP contribution is -2.37. The summed E-state index contributed by atoms with van der Waals surface area (Å²) >= 11 is 0. The molecule has 4 N–H and O–H groups in total. The smallest absolute Gasteiger partial charge is 0.264 e. The molecule has 0 atom stereocenters. The minimum Gasteiger partial charge on any atom is -0.497 e. The van der Waals surface area contributed by atoms with Crippen molar-refractivity contribution in [2.45, 2.75) is 11.3 Å². The molecule has 27 heavy (non-hydrogen) atoms. The molecular weight excluding hydrogens is 371 g/mol. The number of methoxy groups -OCH3 is 1. The van der Waals surface area contributed by atoms with Gasteiger partial charge in [0.2, 0.25) is 5.96 Å². The summed E-state index contributed by atoms with van der Waals surface area (Å²) < 4.78 is 45.2. The number of nitrogens with two attached hydrogens (primary N) is 1. The van der Waals surface area contributed by atoms with Crippen molar-refractivity contribution in [1.29, 1.82) is 0 Å². The van der Waals surface area contributed by atoms with Crippen LogP contribution in [0.5, 0.6) is 5.75 Å². The van der Waals surface area contributed by atoms with Crippen LogP contribution in [0.15, 0.2) is 58.5 Å². The van der Waals surface area contributed by atoms with E-state index in [4.69, 9.17) is 10.5 Å². The predicted molar refractivity (Wildman–Crippen MR) is 102 cm³/mol. The van der Waals surface area contributed by atoms with Crippen LogP contribution in [0.1, 0.15) is 5.56 Å². The first-order valence-corrected chi connectivity index (χ1v) is 9.59. The monoisotopic (exact) mass is 390 g/mol. The van der Waals surface area contributed by atoms with Gasteiger partial charge in [0, 0.05) is 23.6 Å². The molecule has 0 saturated carbocycles. The van der Waals surface area contributed by atoms with Crippen molar-refractivity contribution >= 4 is 26.9 Å². The number of benzene rings is 2. The number of hydrogen-bond acceptors (Lipinski definition) is 4. The molecule has 0 aliphatic heterocycles. The van der Waals surface area contributed by atoms with Crippen molar-refractivity contribution in [2.24, 2.45) is 10.7 Å².